The van der Waals surface area contributed by atoms with Gasteiger partial charge in [-0.05, 0) is 68.8 Å². The maximum absolute atomic E-state index is 13.4. The minimum atomic E-state index is -0.239. The Balaban J connectivity index is 1.33. The number of nitrogens with zero attached hydrogens (tertiary/aromatic N) is 3. The average Bonchev–Trinajstić information content (AvgIpc) is 3.18. The fourth-order valence-corrected chi connectivity index (χ4v) is 4.38. The number of likely N-dealkylation sites (N-methyl/N-ethyl adjacent to an activating group) is 1. The molecule has 6 nitrogen and oxygen atoms in total. The Morgan fingerprint density at radius 1 is 1.16 bits per heavy atom. The number of benzene rings is 2. The third kappa shape index (κ3) is 5.17. The number of methoxy groups -OCH3 is 2. The molecule has 4 rings (SSSR count). The highest BCUT2D eigenvalue weighted by molar-refractivity contribution is 5.74. The number of aromatic nitrogens is 2. The first kappa shape index (κ1) is 21.6. The molecule has 1 aliphatic rings. The van der Waals surface area contributed by atoms with Gasteiger partial charge in [0.2, 0.25) is 0 Å². The monoisotopic (exact) mass is 426 g/mol. The van der Waals surface area contributed by atoms with E-state index in [9.17, 15) is 4.39 Å². The van der Waals surface area contributed by atoms with Crippen molar-refractivity contribution in [3.8, 4) is 11.5 Å². The van der Waals surface area contributed by atoms with Gasteiger partial charge in [-0.3, -0.25) is 4.90 Å². The predicted molar refractivity (Wildman–Crippen MR) is 120 cm³/mol. The maximum Gasteiger partial charge on any atom is 0.160 e. The van der Waals surface area contributed by atoms with E-state index in [2.05, 4.69) is 38.9 Å². The van der Waals surface area contributed by atoms with E-state index in [0.717, 1.165) is 61.0 Å². The number of aromatic amines is 1. The summed E-state index contributed by atoms with van der Waals surface area (Å²) in [6.45, 7) is 3.81. The van der Waals surface area contributed by atoms with Gasteiger partial charge in [-0.15, -0.1) is 0 Å². The van der Waals surface area contributed by atoms with E-state index in [1.165, 1.54) is 30.5 Å². The molecule has 0 spiro atoms. The third-order valence-electron chi connectivity index (χ3n) is 6.17. The molecule has 0 amide bonds. The Hall–Kier alpha value is -2.64. The normalized spacial score (nSPS) is 17.4. The van der Waals surface area contributed by atoms with Crippen molar-refractivity contribution in [3.05, 3.63) is 53.6 Å². The Morgan fingerprint density at radius 2 is 2.00 bits per heavy atom. The van der Waals surface area contributed by atoms with E-state index < -0.39 is 0 Å². The molecule has 31 heavy (non-hydrogen) atoms. The van der Waals surface area contributed by atoms with Crippen LogP contribution in [0.15, 0.2) is 36.4 Å². The molecule has 2 aromatic carbocycles. The number of fused-ring (bicyclic) bond motifs is 1. The van der Waals surface area contributed by atoms with Crippen molar-refractivity contribution in [1.29, 1.82) is 0 Å². The molecule has 0 saturated carbocycles. The van der Waals surface area contributed by atoms with Crippen molar-refractivity contribution in [2.75, 3.05) is 40.9 Å². The van der Waals surface area contributed by atoms with Crippen molar-refractivity contribution < 1.29 is 13.9 Å². The molecule has 0 radical (unpaired) electrons. The van der Waals surface area contributed by atoms with Gasteiger partial charge in [0.25, 0.3) is 0 Å². The van der Waals surface area contributed by atoms with Crippen LogP contribution in [0.3, 0.4) is 0 Å². The molecule has 1 unspecified atom stereocenters. The number of H-pyrrole nitrogens is 1. The molecule has 0 bridgehead atoms. The third-order valence-corrected chi connectivity index (χ3v) is 6.17. The highest BCUT2D eigenvalue weighted by Gasteiger charge is 2.24. The average molecular weight is 427 g/mol. The number of nitrogens with one attached hydrogen (secondary N) is 1. The standard InChI is InChI=1S/C24H31FN4O2/c1-28(12-10-17-6-9-22(30-2)23(13-17)31-3)19-5-4-11-29(15-19)16-24-26-20-8-7-18(25)14-21(20)27-24/h6-9,13-14,19H,4-5,10-12,15-16H2,1-3H3,(H,26,27). The summed E-state index contributed by atoms with van der Waals surface area (Å²) in [4.78, 5) is 12.8. The molecule has 0 aliphatic carbocycles. The lowest BCUT2D eigenvalue weighted by atomic mass is 10.0. The number of likely N-dealkylation sites (tertiary alicyclic amines) is 1. The number of halogens is 1. The Kier molecular flexibility index (Phi) is 6.73. The molecular formula is C24H31FN4O2. The first-order valence-corrected chi connectivity index (χ1v) is 10.8. The number of hydrogen-bond donors (Lipinski definition) is 1. The van der Waals surface area contributed by atoms with Gasteiger partial charge in [0, 0.05) is 19.1 Å². The lowest BCUT2D eigenvalue weighted by Crippen LogP contribution is -2.46. The molecule has 1 N–H and O–H groups in total. The quantitative estimate of drug-likeness (QED) is 0.593. The van der Waals surface area contributed by atoms with Crippen molar-refractivity contribution >= 4 is 11.0 Å². The second-order valence-corrected chi connectivity index (χ2v) is 8.30. The number of ether oxygens (including phenoxy) is 2. The fourth-order valence-electron chi connectivity index (χ4n) is 4.38. The molecule has 1 fully saturated rings. The van der Waals surface area contributed by atoms with Crippen LogP contribution in [0.1, 0.15) is 24.2 Å². The predicted octanol–water partition coefficient (Wildman–Crippen LogP) is 3.86. The smallest absolute Gasteiger partial charge is 0.160 e. The zero-order valence-corrected chi connectivity index (χ0v) is 18.5. The number of imidazole rings is 1. The molecule has 1 saturated heterocycles. The first-order chi connectivity index (χ1) is 15.1. The van der Waals surface area contributed by atoms with Gasteiger partial charge in [-0.25, -0.2) is 9.37 Å². The van der Waals surface area contributed by atoms with Crippen LogP contribution in [0.4, 0.5) is 4.39 Å². The lowest BCUT2D eigenvalue weighted by Gasteiger charge is -2.37. The lowest BCUT2D eigenvalue weighted by molar-refractivity contribution is 0.110. The van der Waals surface area contributed by atoms with E-state index in [-0.39, 0.29) is 5.82 Å². The van der Waals surface area contributed by atoms with Crippen molar-refractivity contribution in [3.63, 3.8) is 0 Å². The first-order valence-electron chi connectivity index (χ1n) is 10.8. The summed E-state index contributed by atoms with van der Waals surface area (Å²) in [5, 5.41) is 0. The number of rotatable bonds is 8. The number of piperidine rings is 1. The van der Waals surface area contributed by atoms with Crippen molar-refractivity contribution in [2.45, 2.75) is 31.8 Å². The van der Waals surface area contributed by atoms with E-state index in [4.69, 9.17) is 9.47 Å². The van der Waals surface area contributed by atoms with Crippen molar-refractivity contribution in [1.82, 2.24) is 19.8 Å². The molecule has 166 valence electrons. The van der Waals surface area contributed by atoms with Gasteiger partial charge in [-0.1, -0.05) is 6.07 Å². The minimum absolute atomic E-state index is 0.239. The molecule has 1 aromatic heterocycles. The fraction of sp³-hybridized carbons (Fsp3) is 0.458. The maximum atomic E-state index is 13.4. The second kappa shape index (κ2) is 9.66. The summed E-state index contributed by atoms with van der Waals surface area (Å²) in [7, 11) is 5.53. The Labute approximate surface area is 183 Å². The molecule has 2 heterocycles. The largest absolute Gasteiger partial charge is 0.493 e. The van der Waals surface area contributed by atoms with E-state index in [1.807, 2.05) is 6.07 Å². The molecule has 7 heteroatoms. The summed E-state index contributed by atoms with van der Waals surface area (Å²) >= 11 is 0. The van der Waals surface area contributed by atoms with Gasteiger partial charge in [-0.2, -0.15) is 0 Å². The summed E-state index contributed by atoms with van der Waals surface area (Å²) in [5.74, 6) is 2.19. The van der Waals surface area contributed by atoms with Gasteiger partial charge >= 0.3 is 0 Å². The molecule has 1 aliphatic heterocycles. The highest BCUT2D eigenvalue weighted by atomic mass is 19.1. The topological polar surface area (TPSA) is 53.6 Å². The van der Waals surface area contributed by atoms with Crippen LogP contribution < -0.4 is 9.47 Å². The van der Waals surface area contributed by atoms with E-state index in [0.29, 0.717) is 6.04 Å². The summed E-state index contributed by atoms with van der Waals surface area (Å²) in [5.41, 5.74) is 2.82. The molecule has 1 atom stereocenters. The highest BCUT2D eigenvalue weighted by Crippen LogP contribution is 2.28. The van der Waals surface area contributed by atoms with Gasteiger partial charge in [0.15, 0.2) is 11.5 Å². The van der Waals surface area contributed by atoms with Crippen LogP contribution in [0.5, 0.6) is 11.5 Å². The van der Waals surface area contributed by atoms with Gasteiger partial charge in [0.1, 0.15) is 11.6 Å². The van der Waals surface area contributed by atoms with Crippen LogP contribution >= 0.6 is 0 Å². The van der Waals surface area contributed by atoms with Gasteiger partial charge in [0.05, 0.1) is 31.8 Å². The van der Waals surface area contributed by atoms with Gasteiger partial charge < -0.3 is 19.4 Å². The SMILES string of the molecule is COc1ccc(CCN(C)C2CCCN(Cc3nc4ccc(F)cc4[nH]3)C2)cc1OC. The molecular weight excluding hydrogens is 395 g/mol. The summed E-state index contributed by atoms with van der Waals surface area (Å²) in [6, 6.07) is 11.3. The zero-order valence-electron chi connectivity index (χ0n) is 18.5. The van der Waals surface area contributed by atoms with Crippen LogP contribution in [0.25, 0.3) is 11.0 Å². The Bertz CT molecular complexity index is 1020. The van der Waals surface area contributed by atoms with Crippen molar-refractivity contribution in [2.24, 2.45) is 0 Å². The van der Waals surface area contributed by atoms with Crippen LogP contribution in [0.2, 0.25) is 0 Å². The molecule has 3 aromatic rings. The van der Waals surface area contributed by atoms with Crippen LogP contribution in [-0.2, 0) is 13.0 Å². The zero-order chi connectivity index (χ0) is 21.8. The van der Waals surface area contributed by atoms with E-state index >= 15 is 0 Å². The number of hydrogen-bond acceptors (Lipinski definition) is 5. The van der Waals surface area contributed by atoms with Crippen LogP contribution in [0, 0.1) is 5.82 Å². The van der Waals surface area contributed by atoms with E-state index in [1.54, 1.807) is 20.3 Å². The Morgan fingerprint density at radius 3 is 2.81 bits per heavy atom. The second-order valence-electron chi connectivity index (χ2n) is 8.30. The summed E-state index contributed by atoms with van der Waals surface area (Å²) < 4.78 is 24.2. The summed E-state index contributed by atoms with van der Waals surface area (Å²) in [6.07, 6.45) is 3.33. The minimum Gasteiger partial charge on any atom is -0.493 e. The van der Waals surface area contributed by atoms with Crippen LogP contribution in [-0.4, -0.2) is 66.7 Å².